The summed E-state index contributed by atoms with van der Waals surface area (Å²) in [6, 6.07) is 0. The SMILES string of the molecule is O=C1CO[CH-]N1[N+](=O)[O-]. The number of hydrazine groups is 1. The van der Waals surface area contributed by atoms with Crippen LogP contribution in [0.25, 0.3) is 0 Å². The van der Waals surface area contributed by atoms with Crippen molar-refractivity contribution in [3.8, 4) is 0 Å². The number of nitrogens with zero attached hydrogens (tertiary/aromatic N) is 2. The summed E-state index contributed by atoms with van der Waals surface area (Å²) in [6.45, 7) is 0.545. The summed E-state index contributed by atoms with van der Waals surface area (Å²) in [5.41, 5.74) is 0. The third kappa shape index (κ3) is 0.968. The van der Waals surface area contributed by atoms with Gasteiger partial charge in [-0.2, -0.15) is 5.01 Å². The van der Waals surface area contributed by atoms with Crippen molar-refractivity contribution in [3.05, 3.63) is 16.8 Å². The molecule has 0 aliphatic carbocycles. The van der Waals surface area contributed by atoms with E-state index in [9.17, 15) is 14.9 Å². The molecule has 0 radical (unpaired) electrons. The van der Waals surface area contributed by atoms with Crippen molar-refractivity contribution in [2.24, 2.45) is 0 Å². The first kappa shape index (κ1) is 5.96. The average Bonchev–Trinajstić information content (AvgIpc) is 2.13. The van der Waals surface area contributed by atoms with E-state index >= 15 is 0 Å². The molecule has 1 fully saturated rings. The lowest BCUT2D eigenvalue weighted by Gasteiger charge is -2.08. The van der Waals surface area contributed by atoms with Gasteiger partial charge in [0.25, 0.3) is 5.91 Å². The minimum absolute atomic E-state index is 0.235. The fourth-order valence-electron chi connectivity index (χ4n) is 0.434. The Morgan fingerprint density at radius 3 is 2.78 bits per heavy atom. The van der Waals surface area contributed by atoms with Gasteiger partial charge >= 0.3 is 0 Å². The minimum Gasteiger partial charge on any atom is -0.518 e. The van der Waals surface area contributed by atoms with Gasteiger partial charge in [-0.05, 0) is 6.73 Å². The molecule has 0 atom stereocenters. The summed E-state index contributed by atoms with van der Waals surface area (Å²) in [5.74, 6) is -0.653. The summed E-state index contributed by atoms with van der Waals surface area (Å²) in [6.07, 6.45) is 0. The lowest BCUT2D eigenvalue weighted by Crippen LogP contribution is -2.28. The highest BCUT2D eigenvalue weighted by Crippen LogP contribution is 2.04. The summed E-state index contributed by atoms with van der Waals surface area (Å²) >= 11 is 0. The van der Waals surface area contributed by atoms with Crippen molar-refractivity contribution in [1.82, 2.24) is 5.01 Å². The average molecular weight is 131 g/mol. The number of rotatable bonds is 1. The van der Waals surface area contributed by atoms with Crippen LogP contribution in [-0.4, -0.2) is 22.6 Å². The van der Waals surface area contributed by atoms with Crippen LogP contribution in [0.4, 0.5) is 0 Å². The van der Waals surface area contributed by atoms with Crippen LogP contribution in [0.3, 0.4) is 0 Å². The first-order chi connectivity index (χ1) is 4.22. The highest BCUT2D eigenvalue weighted by molar-refractivity contribution is 5.78. The maximum absolute atomic E-state index is 10.3. The standard InChI is InChI=1S/C3H3N2O4/c6-3-1-9-2-4(3)5(7)8/h2H,1H2/q-1. The van der Waals surface area contributed by atoms with Gasteiger partial charge in [0.2, 0.25) is 0 Å². The van der Waals surface area contributed by atoms with Gasteiger partial charge in [0.05, 0.1) is 6.61 Å². The van der Waals surface area contributed by atoms with Crippen molar-refractivity contribution in [2.45, 2.75) is 0 Å². The van der Waals surface area contributed by atoms with Gasteiger partial charge in [0.15, 0.2) is 0 Å². The topological polar surface area (TPSA) is 72.7 Å². The van der Waals surface area contributed by atoms with E-state index in [2.05, 4.69) is 4.74 Å². The Labute approximate surface area is 50.1 Å². The van der Waals surface area contributed by atoms with Crippen LogP contribution in [0.2, 0.25) is 0 Å². The first-order valence-electron chi connectivity index (χ1n) is 2.13. The number of amides is 1. The number of carbonyl (C=O) groups is 1. The van der Waals surface area contributed by atoms with Crippen molar-refractivity contribution in [1.29, 1.82) is 0 Å². The summed E-state index contributed by atoms with van der Waals surface area (Å²) in [5, 5.41) is 9.28. The quantitative estimate of drug-likeness (QED) is 0.264. The lowest BCUT2D eigenvalue weighted by atomic mass is 10.7. The van der Waals surface area contributed by atoms with Gasteiger partial charge in [-0.1, -0.05) is 0 Å². The number of ether oxygens (including phenoxy) is 1. The first-order valence-corrected chi connectivity index (χ1v) is 2.13. The maximum Gasteiger partial charge on any atom is 0.274 e. The molecule has 0 bridgehead atoms. The minimum atomic E-state index is -0.838. The number of hydrogen-bond acceptors (Lipinski definition) is 4. The molecular formula is C3H3N2O4-. The van der Waals surface area contributed by atoms with Crippen LogP contribution >= 0.6 is 0 Å². The highest BCUT2D eigenvalue weighted by Gasteiger charge is 2.20. The van der Waals surface area contributed by atoms with Crippen molar-refractivity contribution >= 4 is 5.91 Å². The van der Waals surface area contributed by atoms with Gasteiger partial charge in [0, 0.05) is 0 Å². The molecule has 50 valence electrons. The Balaban J connectivity index is 2.60. The Hall–Kier alpha value is -1.17. The lowest BCUT2D eigenvalue weighted by molar-refractivity contribution is -0.626. The molecule has 0 N–H and O–H groups in total. The third-order valence-electron chi connectivity index (χ3n) is 0.813. The van der Waals surface area contributed by atoms with Crippen LogP contribution in [0.15, 0.2) is 0 Å². The molecule has 1 rings (SSSR count). The summed E-state index contributed by atoms with van der Waals surface area (Å²) in [4.78, 5) is 20.2. The van der Waals surface area contributed by atoms with Crippen molar-refractivity contribution < 1.29 is 14.6 Å². The largest absolute Gasteiger partial charge is 0.518 e. The second kappa shape index (κ2) is 1.98. The summed E-state index contributed by atoms with van der Waals surface area (Å²) < 4.78 is 4.34. The summed E-state index contributed by atoms with van der Waals surface area (Å²) in [7, 11) is 0. The zero-order chi connectivity index (χ0) is 6.85. The number of nitro groups is 1. The van der Waals surface area contributed by atoms with E-state index < -0.39 is 10.9 Å². The van der Waals surface area contributed by atoms with E-state index in [1.54, 1.807) is 0 Å². The fourth-order valence-corrected chi connectivity index (χ4v) is 0.434. The maximum atomic E-state index is 10.3. The molecule has 0 saturated carbocycles. The van der Waals surface area contributed by atoms with Crippen LogP contribution in [0, 0.1) is 16.8 Å². The Morgan fingerprint density at radius 1 is 1.89 bits per heavy atom. The second-order valence-electron chi connectivity index (χ2n) is 1.39. The zero-order valence-electron chi connectivity index (χ0n) is 4.31. The van der Waals surface area contributed by atoms with Gasteiger partial charge < -0.3 is 4.74 Å². The molecule has 0 spiro atoms. The van der Waals surface area contributed by atoms with Gasteiger partial charge in [-0.25, -0.2) is 10.1 Å². The van der Waals surface area contributed by atoms with E-state index in [1.807, 2.05) is 0 Å². The van der Waals surface area contributed by atoms with E-state index in [0.29, 0.717) is 5.01 Å². The van der Waals surface area contributed by atoms with Gasteiger partial charge in [0.1, 0.15) is 5.03 Å². The van der Waals surface area contributed by atoms with E-state index in [1.165, 1.54) is 0 Å². The molecule has 6 heteroatoms. The molecule has 9 heavy (non-hydrogen) atoms. The molecule has 1 aliphatic rings. The second-order valence-corrected chi connectivity index (χ2v) is 1.39. The van der Waals surface area contributed by atoms with Crippen molar-refractivity contribution in [2.75, 3.05) is 6.61 Å². The van der Waals surface area contributed by atoms with Crippen LogP contribution in [0.1, 0.15) is 0 Å². The van der Waals surface area contributed by atoms with Crippen LogP contribution < -0.4 is 0 Å². The number of carbonyl (C=O) groups excluding carboxylic acids is 1. The molecule has 0 unspecified atom stereocenters. The molecule has 1 saturated heterocycles. The molecule has 1 heterocycles. The predicted octanol–water partition coefficient (Wildman–Crippen LogP) is -0.844. The van der Waals surface area contributed by atoms with Gasteiger partial charge in [-0.15, -0.1) is 0 Å². The Bertz CT molecular complexity index is 156. The normalized spacial score (nSPS) is 18.7. The van der Waals surface area contributed by atoms with Crippen molar-refractivity contribution in [3.63, 3.8) is 0 Å². The monoisotopic (exact) mass is 131 g/mol. The molecule has 1 aliphatic heterocycles. The molecule has 6 nitrogen and oxygen atoms in total. The van der Waals surface area contributed by atoms with E-state index in [4.69, 9.17) is 0 Å². The van der Waals surface area contributed by atoms with E-state index in [-0.39, 0.29) is 6.61 Å². The molecule has 0 aromatic carbocycles. The molecule has 0 aromatic heterocycles. The zero-order valence-corrected chi connectivity index (χ0v) is 4.31. The predicted molar refractivity (Wildman–Crippen MR) is 24.1 cm³/mol. The third-order valence-corrected chi connectivity index (χ3v) is 0.813. The molecular weight excluding hydrogens is 128 g/mol. The van der Waals surface area contributed by atoms with Crippen LogP contribution in [0.5, 0.6) is 0 Å². The Morgan fingerprint density at radius 2 is 2.56 bits per heavy atom. The molecule has 1 amide bonds. The van der Waals surface area contributed by atoms with E-state index in [0.717, 1.165) is 6.73 Å². The van der Waals surface area contributed by atoms with Crippen LogP contribution in [-0.2, 0) is 9.53 Å². The van der Waals surface area contributed by atoms with Gasteiger partial charge in [-0.3, -0.25) is 4.79 Å². The fraction of sp³-hybridized carbons (Fsp3) is 0.333. The Kier molecular flexibility index (Phi) is 1.31. The highest BCUT2D eigenvalue weighted by atomic mass is 16.7. The smallest absolute Gasteiger partial charge is 0.274 e. The molecule has 0 aromatic rings. The number of hydrogen-bond donors (Lipinski definition) is 0.